The van der Waals surface area contributed by atoms with E-state index in [0.717, 1.165) is 6.21 Å². The molecule has 0 saturated carbocycles. The van der Waals surface area contributed by atoms with Crippen LogP contribution in [0.25, 0.3) is 0 Å². The molecule has 0 heterocycles. The highest BCUT2D eigenvalue weighted by Crippen LogP contribution is 2.08. The van der Waals surface area contributed by atoms with Crippen LogP contribution < -0.4 is 4.84 Å². The van der Waals surface area contributed by atoms with E-state index in [4.69, 9.17) is 15.1 Å². The minimum absolute atomic E-state index is 0.441. The number of aliphatic hydroxyl groups excluding tert-OH is 5. The van der Waals surface area contributed by atoms with Gasteiger partial charge >= 0.3 is 0 Å². The lowest BCUT2D eigenvalue weighted by Crippen LogP contribution is -2.46. The molecule has 1 rings (SSSR count). The molecule has 0 saturated heterocycles. The molecule has 106 valence electrons. The Balaban J connectivity index is 2.47. The SMILES string of the molecule is OC[C@@H](O)[C@H](O)[C@H](O)[C@@H](O)C=NOc1ccccc1. The predicted molar refractivity (Wildman–Crippen MR) is 66.7 cm³/mol. The monoisotopic (exact) mass is 271 g/mol. The molecule has 1 aromatic carbocycles. The van der Waals surface area contributed by atoms with Crippen molar-refractivity contribution < 1.29 is 30.4 Å². The molecule has 0 aliphatic heterocycles. The van der Waals surface area contributed by atoms with Gasteiger partial charge in [-0.3, -0.25) is 0 Å². The van der Waals surface area contributed by atoms with E-state index in [1.54, 1.807) is 30.3 Å². The van der Waals surface area contributed by atoms with Gasteiger partial charge in [-0.1, -0.05) is 23.4 Å². The average Bonchev–Trinajstić information content (AvgIpc) is 2.45. The maximum absolute atomic E-state index is 9.48. The van der Waals surface area contributed by atoms with Gasteiger partial charge < -0.3 is 30.4 Å². The van der Waals surface area contributed by atoms with E-state index >= 15 is 0 Å². The van der Waals surface area contributed by atoms with Crippen LogP contribution in [0.15, 0.2) is 35.5 Å². The molecule has 0 spiro atoms. The molecule has 0 radical (unpaired) electrons. The lowest BCUT2D eigenvalue weighted by atomic mass is 10.0. The van der Waals surface area contributed by atoms with Gasteiger partial charge in [-0.2, -0.15) is 0 Å². The summed E-state index contributed by atoms with van der Waals surface area (Å²) in [4.78, 5) is 4.90. The molecule has 0 aliphatic rings. The van der Waals surface area contributed by atoms with Crippen LogP contribution in [-0.4, -0.2) is 62.8 Å². The van der Waals surface area contributed by atoms with Crippen LogP contribution in [0.3, 0.4) is 0 Å². The van der Waals surface area contributed by atoms with Crippen molar-refractivity contribution in [1.29, 1.82) is 0 Å². The normalized spacial score (nSPS) is 17.9. The first-order valence-electron chi connectivity index (χ1n) is 5.65. The molecule has 5 N–H and O–H groups in total. The Labute approximate surface area is 110 Å². The highest BCUT2D eigenvalue weighted by Gasteiger charge is 2.29. The standard InChI is InChI=1S/C12H17NO6/c14-7-10(16)12(18)11(17)9(15)6-13-19-8-4-2-1-3-5-8/h1-6,9-12,14-18H,7H2/t9-,10+,11+,12-/m0/s1. The van der Waals surface area contributed by atoms with Crippen molar-refractivity contribution in [2.24, 2.45) is 5.16 Å². The number of para-hydroxylation sites is 1. The van der Waals surface area contributed by atoms with Gasteiger partial charge in [0.2, 0.25) is 0 Å². The minimum atomic E-state index is -1.69. The summed E-state index contributed by atoms with van der Waals surface area (Å²) in [7, 11) is 0. The Bertz CT molecular complexity index is 385. The third-order valence-corrected chi connectivity index (χ3v) is 2.40. The van der Waals surface area contributed by atoms with E-state index in [-0.39, 0.29) is 0 Å². The first kappa shape index (κ1) is 15.5. The van der Waals surface area contributed by atoms with Gasteiger partial charge in [-0.15, -0.1) is 0 Å². The van der Waals surface area contributed by atoms with Gasteiger partial charge in [0.25, 0.3) is 0 Å². The largest absolute Gasteiger partial charge is 0.394 e. The van der Waals surface area contributed by atoms with E-state index in [1.807, 2.05) is 0 Å². The molecule has 0 bridgehead atoms. The molecule has 7 nitrogen and oxygen atoms in total. The van der Waals surface area contributed by atoms with Crippen molar-refractivity contribution in [3.8, 4) is 5.75 Å². The number of benzene rings is 1. The van der Waals surface area contributed by atoms with E-state index in [1.165, 1.54) is 0 Å². The van der Waals surface area contributed by atoms with Crippen molar-refractivity contribution in [2.75, 3.05) is 6.61 Å². The minimum Gasteiger partial charge on any atom is -0.394 e. The Morgan fingerprint density at radius 2 is 1.68 bits per heavy atom. The van der Waals surface area contributed by atoms with Crippen LogP contribution in [0.4, 0.5) is 0 Å². The van der Waals surface area contributed by atoms with Crippen LogP contribution in [0, 0.1) is 0 Å². The van der Waals surface area contributed by atoms with Crippen molar-refractivity contribution in [3.63, 3.8) is 0 Å². The Hall–Kier alpha value is -1.51. The molecule has 0 aromatic heterocycles. The van der Waals surface area contributed by atoms with Crippen LogP contribution in [0.5, 0.6) is 5.75 Å². The Kier molecular flexibility index (Phi) is 6.40. The lowest BCUT2D eigenvalue weighted by molar-refractivity contribution is -0.100. The second-order valence-electron chi connectivity index (χ2n) is 3.88. The number of hydrogen-bond acceptors (Lipinski definition) is 7. The molecule has 0 fully saturated rings. The zero-order valence-corrected chi connectivity index (χ0v) is 10.1. The zero-order valence-electron chi connectivity index (χ0n) is 10.1. The third kappa shape index (κ3) is 4.93. The molecular formula is C12H17NO6. The quantitative estimate of drug-likeness (QED) is 0.303. The summed E-state index contributed by atoms with van der Waals surface area (Å²) in [6, 6.07) is 8.55. The first-order chi connectivity index (χ1) is 9.06. The number of oxime groups is 1. The fourth-order valence-electron chi connectivity index (χ4n) is 1.26. The maximum Gasteiger partial charge on any atom is 0.157 e. The van der Waals surface area contributed by atoms with Gasteiger partial charge in [0.05, 0.1) is 12.8 Å². The van der Waals surface area contributed by atoms with Crippen molar-refractivity contribution in [2.45, 2.75) is 24.4 Å². The molecule has 0 aliphatic carbocycles. The van der Waals surface area contributed by atoms with Crippen molar-refractivity contribution in [1.82, 2.24) is 0 Å². The first-order valence-corrected chi connectivity index (χ1v) is 5.65. The molecule has 0 unspecified atom stereocenters. The zero-order chi connectivity index (χ0) is 14.3. The van der Waals surface area contributed by atoms with E-state index in [2.05, 4.69) is 5.16 Å². The second-order valence-corrected chi connectivity index (χ2v) is 3.88. The summed E-state index contributed by atoms with van der Waals surface area (Å²) in [5.74, 6) is 0.441. The summed E-state index contributed by atoms with van der Waals surface area (Å²) < 4.78 is 0. The van der Waals surface area contributed by atoms with E-state index in [0.29, 0.717) is 5.75 Å². The van der Waals surface area contributed by atoms with Crippen LogP contribution in [0.1, 0.15) is 0 Å². The summed E-state index contributed by atoms with van der Waals surface area (Å²) >= 11 is 0. The lowest BCUT2D eigenvalue weighted by Gasteiger charge is -2.23. The van der Waals surface area contributed by atoms with E-state index in [9.17, 15) is 15.3 Å². The fraction of sp³-hybridized carbons (Fsp3) is 0.417. The molecule has 7 heteroatoms. The highest BCUT2D eigenvalue weighted by atomic mass is 16.6. The van der Waals surface area contributed by atoms with Gasteiger partial charge in [0.15, 0.2) is 5.75 Å². The Morgan fingerprint density at radius 3 is 2.26 bits per heavy atom. The van der Waals surface area contributed by atoms with Gasteiger partial charge in [-0.05, 0) is 12.1 Å². The number of nitrogens with zero attached hydrogens (tertiary/aromatic N) is 1. The summed E-state index contributed by atoms with van der Waals surface area (Å²) in [5, 5.41) is 49.4. The Morgan fingerprint density at radius 1 is 1.05 bits per heavy atom. The topological polar surface area (TPSA) is 123 Å². The third-order valence-electron chi connectivity index (χ3n) is 2.40. The van der Waals surface area contributed by atoms with Crippen LogP contribution >= 0.6 is 0 Å². The van der Waals surface area contributed by atoms with Gasteiger partial charge in [0, 0.05) is 0 Å². The van der Waals surface area contributed by atoms with E-state index < -0.39 is 31.0 Å². The predicted octanol–water partition coefficient (Wildman–Crippen LogP) is -1.51. The fourth-order valence-corrected chi connectivity index (χ4v) is 1.26. The van der Waals surface area contributed by atoms with Crippen LogP contribution in [0.2, 0.25) is 0 Å². The summed E-state index contributed by atoms with van der Waals surface area (Å²) in [6.45, 7) is -0.734. The smallest absolute Gasteiger partial charge is 0.157 e. The number of rotatable bonds is 7. The van der Waals surface area contributed by atoms with Crippen molar-refractivity contribution in [3.05, 3.63) is 30.3 Å². The number of aliphatic hydroxyl groups is 5. The molecule has 1 aromatic rings. The van der Waals surface area contributed by atoms with Gasteiger partial charge in [-0.25, -0.2) is 0 Å². The molecular weight excluding hydrogens is 254 g/mol. The molecule has 19 heavy (non-hydrogen) atoms. The summed E-state index contributed by atoms with van der Waals surface area (Å²) in [6.07, 6.45) is -5.59. The highest BCUT2D eigenvalue weighted by molar-refractivity contribution is 5.63. The second kappa shape index (κ2) is 7.82. The van der Waals surface area contributed by atoms with Crippen LogP contribution in [-0.2, 0) is 0 Å². The maximum atomic E-state index is 9.48. The van der Waals surface area contributed by atoms with Crippen molar-refractivity contribution >= 4 is 6.21 Å². The summed E-state index contributed by atoms with van der Waals surface area (Å²) in [5.41, 5.74) is 0. The number of hydrogen-bond donors (Lipinski definition) is 5. The molecule has 0 amide bonds. The molecule has 4 atom stereocenters. The van der Waals surface area contributed by atoms with Gasteiger partial charge in [0.1, 0.15) is 24.4 Å². The average molecular weight is 271 g/mol.